The van der Waals surface area contributed by atoms with E-state index < -0.39 is 17.3 Å². The van der Waals surface area contributed by atoms with Gasteiger partial charge in [0.25, 0.3) is 0 Å². The second-order valence-corrected chi connectivity index (χ2v) is 6.69. The molecule has 2 fully saturated rings. The van der Waals surface area contributed by atoms with E-state index in [4.69, 9.17) is 4.74 Å². The maximum atomic E-state index is 11.8. The minimum absolute atomic E-state index is 0.286. The van der Waals surface area contributed by atoms with E-state index in [0.717, 1.165) is 19.3 Å². The Bertz CT molecular complexity index is 341. The molecule has 6 heteroatoms. The number of ether oxygens (including phenoxy) is 1. The van der Waals surface area contributed by atoms with E-state index >= 15 is 0 Å². The standard InChI is InChI=1S/C12H23BN2O3/c1-11(2,3)18-10(16)14-9-7-4-5-8(6-7)15-12(9,13)17/h7-9,15,17H,4-6,13H2,1-3H3,(H,14,16). The predicted octanol–water partition coefficient (Wildman–Crippen LogP) is -0.0692. The summed E-state index contributed by atoms with van der Waals surface area (Å²) in [6.07, 6.45) is 2.65. The molecule has 4 unspecified atom stereocenters. The normalized spacial score (nSPS) is 39.4. The summed E-state index contributed by atoms with van der Waals surface area (Å²) in [5.74, 6) is 0.332. The lowest BCUT2D eigenvalue weighted by atomic mass is 9.74. The average molecular weight is 254 g/mol. The maximum absolute atomic E-state index is 11.8. The van der Waals surface area contributed by atoms with Crippen LogP contribution in [0.2, 0.25) is 0 Å². The van der Waals surface area contributed by atoms with Crippen LogP contribution < -0.4 is 10.6 Å². The van der Waals surface area contributed by atoms with E-state index in [2.05, 4.69) is 10.6 Å². The van der Waals surface area contributed by atoms with Gasteiger partial charge in [-0.25, -0.2) is 4.79 Å². The monoisotopic (exact) mass is 254 g/mol. The van der Waals surface area contributed by atoms with Crippen molar-refractivity contribution in [3.63, 3.8) is 0 Å². The zero-order chi connectivity index (χ0) is 13.6. The van der Waals surface area contributed by atoms with Gasteiger partial charge in [0.15, 0.2) is 7.85 Å². The molecule has 0 spiro atoms. The predicted molar refractivity (Wildman–Crippen MR) is 70.9 cm³/mol. The lowest BCUT2D eigenvalue weighted by molar-refractivity contribution is -0.00889. The molecular weight excluding hydrogens is 231 g/mol. The molecular formula is C12H23BN2O3. The summed E-state index contributed by atoms with van der Waals surface area (Å²) in [4.78, 5) is 11.8. The van der Waals surface area contributed by atoms with Crippen LogP contribution in [0.25, 0.3) is 0 Å². The molecule has 0 aromatic heterocycles. The summed E-state index contributed by atoms with van der Waals surface area (Å²) in [5, 5.41) is 16.4. The molecule has 0 aromatic carbocycles. The summed E-state index contributed by atoms with van der Waals surface area (Å²) in [6.45, 7) is 5.49. The van der Waals surface area contributed by atoms with E-state index in [1.807, 2.05) is 20.8 Å². The van der Waals surface area contributed by atoms with Gasteiger partial charge in [0.2, 0.25) is 0 Å². The minimum Gasteiger partial charge on any atom is -0.444 e. The van der Waals surface area contributed by atoms with Gasteiger partial charge < -0.3 is 15.2 Å². The van der Waals surface area contributed by atoms with Gasteiger partial charge >= 0.3 is 6.09 Å². The van der Waals surface area contributed by atoms with E-state index in [1.54, 1.807) is 7.85 Å². The first kappa shape index (κ1) is 13.7. The third kappa shape index (κ3) is 2.98. The number of amides is 1. The molecule has 1 saturated heterocycles. The van der Waals surface area contributed by atoms with Crippen molar-refractivity contribution in [3.8, 4) is 0 Å². The number of piperidine rings is 1. The molecule has 2 bridgehead atoms. The molecule has 18 heavy (non-hydrogen) atoms. The van der Waals surface area contributed by atoms with Gasteiger partial charge in [0.1, 0.15) is 5.60 Å². The van der Waals surface area contributed by atoms with Crippen LogP contribution in [0.5, 0.6) is 0 Å². The third-order valence-electron chi connectivity index (χ3n) is 3.72. The number of nitrogens with one attached hydrogen (secondary N) is 2. The fourth-order valence-corrected chi connectivity index (χ4v) is 3.11. The van der Waals surface area contributed by atoms with Crippen molar-refractivity contribution in [2.75, 3.05) is 0 Å². The molecule has 2 aliphatic rings. The van der Waals surface area contributed by atoms with Crippen molar-refractivity contribution in [1.82, 2.24) is 10.6 Å². The van der Waals surface area contributed by atoms with E-state index in [0.29, 0.717) is 12.0 Å². The van der Waals surface area contributed by atoms with Crippen molar-refractivity contribution in [1.29, 1.82) is 0 Å². The van der Waals surface area contributed by atoms with Crippen LogP contribution in [-0.2, 0) is 4.74 Å². The first-order chi connectivity index (χ1) is 8.17. The van der Waals surface area contributed by atoms with Gasteiger partial charge in [-0.2, -0.15) is 0 Å². The van der Waals surface area contributed by atoms with Crippen molar-refractivity contribution in [3.05, 3.63) is 0 Å². The number of alkyl carbamates (subject to hydrolysis) is 1. The largest absolute Gasteiger partial charge is 0.444 e. The molecule has 4 atom stereocenters. The molecule has 2 rings (SSSR count). The van der Waals surface area contributed by atoms with Crippen molar-refractivity contribution in [2.45, 2.75) is 63.3 Å². The molecule has 1 saturated carbocycles. The second kappa shape index (κ2) is 4.42. The zero-order valence-electron chi connectivity index (χ0n) is 11.6. The Hall–Kier alpha value is -0.745. The third-order valence-corrected chi connectivity index (χ3v) is 3.72. The Morgan fingerprint density at radius 1 is 1.50 bits per heavy atom. The molecule has 3 N–H and O–H groups in total. The van der Waals surface area contributed by atoms with Crippen LogP contribution in [0.4, 0.5) is 4.79 Å². The highest BCUT2D eigenvalue weighted by molar-refractivity contribution is 6.14. The first-order valence-electron chi connectivity index (χ1n) is 6.67. The minimum atomic E-state index is -1.05. The highest BCUT2D eigenvalue weighted by atomic mass is 16.6. The van der Waals surface area contributed by atoms with E-state index in [9.17, 15) is 9.90 Å². The van der Waals surface area contributed by atoms with Gasteiger partial charge in [0, 0.05) is 6.04 Å². The summed E-state index contributed by atoms with van der Waals surface area (Å²) < 4.78 is 5.25. The summed E-state index contributed by atoms with van der Waals surface area (Å²) in [5.41, 5.74) is -1.57. The number of fused-ring (bicyclic) bond motifs is 2. The average Bonchev–Trinajstić information content (AvgIpc) is 2.53. The Labute approximate surface area is 109 Å². The molecule has 1 amide bonds. The van der Waals surface area contributed by atoms with Gasteiger partial charge in [-0.05, 0) is 46.0 Å². The Kier molecular flexibility index (Phi) is 3.36. The summed E-state index contributed by atoms with van der Waals surface area (Å²) in [7, 11) is 1.72. The lowest BCUT2D eigenvalue weighted by Gasteiger charge is -2.43. The fraction of sp³-hybridized carbons (Fsp3) is 0.917. The smallest absolute Gasteiger partial charge is 0.408 e. The van der Waals surface area contributed by atoms with E-state index in [-0.39, 0.29) is 6.04 Å². The summed E-state index contributed by atoms with van der Waals surface area (Å²) >= 11 is 0. The molecule has 5 nitrogen and oxygen atoms in total. The highest BCUT2D eigenvalue weighted by Crippen LogP contribution is 2.36. The van der Waals surface area contributed by atoms with Crippen LogP contribution in [-0.4, -0.2) is 42.4 Å². The number of hydrogen-bond acceptors (Lipinski definition) is 4. The van der Waals surface area contributed by atoms with Crippen LogP contribution in [0, 0.1) is 5.92 Å². The number of carbonyl (C=O) groups excluding carboxylic acids is 1. The van der Waals surface area contributed by atoms with Gasteiger partial charge in [-0.1, -0.05) is 0 Å². The maximum Gasteiger partial charge on any atom is 0.408 e. The van der Waals surface area contributed by atoms with Crippen molar-refractivity contribution in [2.24, 2.45) is 5.92 Å². The Morgan fingerprint density at radius 2 is 2.17 bits per heavy atom. The number of aliphatic hydroxyl groups is 1. The lowest BCUT2D eigenvalue weighted by Crippen LogP contribution is -2.68. The van der Waals surface area contributed by atoms with E-state index in [1.165, 1.54) is 0 Å². The van der Waals surface area contributed by atoms with Gasteiger partial charge in [0.05, 0.1) is 11.7 Å². The molecule has 0 aromatic rings. The molecule has 0 radical (unpaired) electrons. The zero-order valence-corrected chi connectivity index (χ0v) is 11.6. The van der Waals surface area contributed by atoms with Crippen LogP contribution in [0.1, 0.15) is 40.0 Å². The fourth-order valence-electron chi connectivity index (χ4n) is 3.11. The second-order valence-electron chi connectivity index (χ2n) is 6.69. The van der Waals surface area contributed by atoms with Crippen molar-refractivity contribution < 1.29 is 14.6 Å². The highest BCUT2D eigenvalue weighted by Gasteiger charge is 2.48. The molecule has 1 aliphatic heterocycles. The molecule has 102 valence electrons. The molecule has 1 heterocycles. The SMILES string of the molecule is BC1(O)NC2CCC(C2)C1NC(=O)OC(C)(C)C. The van der Waals surface area contributed by atoms with Crippen LogP contribution >= 0.6 is 0 Å². The topological polar surface area (TPSA) is 70.6 Å². The number of rotatable bonds is 1. The number of carbonyl (C=O) groups is 1. The summed E-state index contributed by atoms with van der Waals surface area (Å²) in [6, 6.07) is 0.0905. The van der Waals surface area contributed by atoms with Crippen molar-refractivity contribution >= 4 is 13.9 Å². The quantitative estimate of drug-likeness (QED) is 0.573. The first-order valence-corrected chi connectivity index (χ1v) is 6.67. The Balaban J connectivity index is 2.00. The molecule has 1 aliphatic carbocycles. The van der Waals surface area contributed by atoms with Gasteiger partial charge in [-0.15, -0.1) is 0 Å². The Morgan fingerprint density at radius 3 is 2.78 bits per heavy atom. The number of hydrogen-bond donors (Lipinski definition) is 3. The van der Waals surface area contributed by atoms with Crippen LogP contribution in [0.15, 0.2) is 0 Å². The van der Waals surface area contributed by atoms with Crippen LogP contribution in [0.3, 0.4) is 0 Å². The van der Waals surface area contributed by atoms with Gasteiger partial charge in [-0.3, -0.25) is 5.32 Å².